The maximum absolute atomic E-state index is 12.9. The molecule has 7 heteroatoms. The molecule has 3 N–H and O–H groups in total. The van der Waals surface area contributed by atoms with E-state index in [-0.39, 0.29) is 25.6 Å². The van der Waals surface area contributed by atoms with Gasteiger partial charge < -0.3 is 25.0 Å². The third kappa shape index (κ3) is 7.27. The lowest BCUT2D eigenvalue weighted by Gasteiger charge is -2.14. The first-order chi connectivity index (χ1) is 12.1. The van der Waals surface area contributed by atoms with Crippen molar-refractivity contribution in [2.24, 2.45) is 0 Å². The number of rotatable bonds is 10. The average Bonchev–Trinajstić information content (AvgIpc) is 2.59. The van der Waals surface area contributed by atoms with Crippen LogP contribution in [0.2, 0.25) is 5.02 Å². The number of hydrogen-bond acceptors (Lipinski definition) is 5. The molecule has 0 aliphatic heterocycles. The highest BCUT2D eigenvalue weighted by Gasteiger charge is 2.07. The first-order valence-electron chi connectivity index (χ1n) is 7.87. The summed E-state index contributed by atoms with van der Waals surface area (Å²) in [6.45, 7) is 1.09. The Hall–Kier alpha value is -1.86. The van der Waals surface area contributed by atoms with Crippen LogP contribution < -0.4 is 14.8 Å². The monoisotopic (exact) mass is 369 g/mol. The highest BCUT2D eigenvalue weighted by molar-refractivity contribution is 6.30. The van der Waals surface area contributed by atoms with E-state index in [1.54, 1.807) is 30.3 Å². The summed E-state index contributed by atoms with van der Waals surface area (Å²) in [7, 11) is 0. The summed E-state index contributed by atoms with van der Waals surface area (Å²) < 4.78 is 24.1. The SMILES string of the molecule is OCCNCC(O)COc1cc(Cl)cc(OCc2ccc(F)cc2)c1. The maximum atomic E-state index is 12.9. The van der Waals surface area contributed by atoms with Crippen LogP contribution in [0.4, 0.5) is 4.39 Å². The van der Waals surface area contributed by atoms with Gasteiger partial charge >= 0.3 is 0 Å². The predicted octanol–water partition coefficient (Wildman–Crippen LogP) is 2.38. The Morgan fingerprint density at radius 2 is 1.76 bits per heavy atom. The van der Waals surface area contributed by atoms with Gasteiger partial charge in [0.1, 0.15) is 36.6 Å². The Labute approximate surface area is 151 Å². The molecule has 0 aliphatic carbocycles. The van der Waals surface area contributed by atoms with Crippen molar-refractivity contribution in [1.82, 2.24) is 5.32 Å². The number of aliphatic hydroxyl groups excluding tert-OH is 2. The molecule has 0 spiro atoms. The number of benzene rings is 2. The van der Waals surface area contributed by atoms with Gasteiger partial charge in [0.2, 0.25) is 0 Å². The van der Waals surface area contributed by atoms with Gasteiger partial charge in [-0.15, -0.1) is 0 Å². The molecule has 0 radical (unpaired) electrons. The van der Waals surface area contributed by atoms with E-state index < -0.39 is 6.10 Å². The number of aliphatic hydroxyl groups is 2. The van der Waals surface area contributed by atoms with Crippen molar-refractivity contribution < 1.29 is 24.1 Å². The molecular formula is C18H21ClFNO4. The molecule has 1 unspecified atom stereocenters. The van der Waals surface area contributed by atoms with Crippen LogP contribution in [0.1, 0.15) is 5.56 Å². The second-order valence-electron chi connectivity index (χ2n) is 5.43. The van der Waals surface area contributed by atoms with Crippen LogP contribution >= 0.6 is 11.6 Å². The van der Waals surface area contributed by atoms with E-state index in [0.29, 0.717) is 29.6 Å². The number of nitrogens with one attached hydrogen (secondary N) is 1. The molecule has 0 fully saturated rings. The first kappa shape index (κ1) is 19.5. The number of halogens is 2. The molecule has 0 aromatic heterocycles. The molecule has 0 aliphatic rings. The van der Waals surface area contributed by atoms with Gasteiger partial charge in [-0.25, -0.2) is 4.39 Å². The zero-order chi connectivity index (χ0) is 18.1. The van der Waals surface area contributed by atoms with E-state index in [1.165, 1.54) is 12.1 Å². The van der Waals surface area contributed by atoms with Crippen LogP contribution in [-0.4, -0.2) is 42.6 Å². The minimum absolute atomic E-state index is 0.0105. The topological polar surface area (TPSA) is 71.0 Å². The molecule has 0 amide bonds. The van der Waals surface area contributed by atoms with Gasteiger partial charge in [0, 0.05) is 24.2 Å². The zero-order valence-corrected chi connectivity index (χ0v) is 14.4. The summed E-state index contributed by atoms with van der Waals surface area (Å²) in [6.07, 6.45) is -0.714. The van der Waals surface area contributed by atoms with E-state index >= 15 is 0 Å². The average molecular weight is 370 g/mol. The van der Waals surface area contributed by atoms with Crippen molar-refractivity contribution in [1.29, 1.82) is 0 Å². The van der Waals surface area contributed by atoms with Crippen molar-refractivity contribution >= 4 is 11.6 Å². The molecule has 0 saturated carbocycles. The van der Waals surface area contributed by atoms with Crippen LogP contribution in [0.25, 0.3) is 0 Å². The van der Waals surface area contributed by atoms with Crippen LogP contribution in [0.5, 0.6) is 11.5 Å². The molecule has 1 atom stereocenters. The Bertz CT molecular complexity index is 654. The summed E-state index contributed by atoms with van der Waals surface area (Å²) in [5.74, 6) is 0.691. The molecule has 2 aromatic rings. The van der Waals surface area contributed by atoms with E-state index in [9.17, 15) is 9.50 Å². The lowest BCUT2D eigenvalue weighted by atomic mass is 10.2. The van der Waals surface area contributed by atoms with Gasteiger partial charge in [-0.2, -0.15) is 0 Å². The maximum Gasteiger partial charge on any atom is 0.124 e. The molecule has 5 nitrogen and oxygen atoms in total. The zero-order valence-electron chi connectivity index (χ0n) is 13.6. The van der Waals surface area contributed by atoms with Crippen molar-refractivity contribution in [3.05, 3.63) is 58.9 Å². The van der Waals surface area contributed by atoms with Crippen LogP contribution in [-0.2, 0) is 6.61 Å². The molecule has 136 valence electrons. The second-order valence-corrected chi connectivity index (χ2v) is 5.87. The van der Waals surface area contributed by atoms with Crippen molar-refractivity contribution in [3.63, 3.8) is 0 Å². The normalized spacial score (nSPS) is 12.0. The molecule has 0 heterocycles. The molecule has 2 rings (SSSR count). The summed E-state index contributed by atoms with van der Waals surface area (Å²) in [5, 5.41) is 21.8. The lowest BCUT2D eigenvalue weighted by molar-refractivity contribution is 0.105. The largest absolute Gasteiger partial charge is 0.491 e. The molecule has 0 saturated heterocycles. The highest BCUT2D eigenvalue weighted by atomic mass is 35.5. The lowest BCUT2D eigenvalue weighted by Crippen LogP contribution is -2.32. The van der Waals surface area contributed by atoms with Crippen LogP contribution in [0, 0.1) is 5.82 Å². The fraction of sp³-hybridized carbons (Fsp3) is 0.333. The molecule has 0 bridgehead atoms. The summed E-state index contributed by atoms with van der Waals surface area (Å²) in [4.78, 5) is 0. The van der Waals surface area contributed by atoms with E-state index in [0.717, 1.165) is 5.56 Å². The van der Waals surface area contributed by atoms with Crippen molar-refractivity contribution in [2.75, 3.05) is 26.3 Å². The number of hydrogen-bond donors (Lipinski definition) is 3. The van der Waals surface area contributed by atoms with E-state index in [1.807, 2.05) is 0 Å². The summed E-state index contributed by atoms with van der Waals surface area (Å²) >= 11 is 6.06. The van der Waals surface area contributed by atoms with Gasteiger partial charge in [-0.1, -0.05) is 23.7 Å². The smallest absolute Gasteiger partial charge is 0.124 e. The predicted molar refractivity (Wildman–Crippen MR) is 93.6 cm³/mol. The highest BCUT2D eigenvalue weighted by Crippen LogP contribution is 2.26. The second kappa shape index (κ2) is 10.2. The van der Waals surface area contributed by atoms with E-state index in [2.05, 4.69) is 5.32 Å². The van der Waals surface area contributed by atoms with Gasteiger partial charge in [0.15, 0.2) is 0 Å². The molecular weight excluding hydrogens is 349 g/mol. The van der Waals surface area contributed by atoms with E-state index in [4.69, 9.17) is 26.2 Å². The minimum atomic E-state index is -0.714. The number of ether oxygens (including phenoxy) is 2. The standard InChI is InChI=1S/C18H21ClFNO4/c19-14-7-17(24-11-13-1-3-15(20)4-2-13)9-18(8-14)25-12-16(23)10-21-5-6-22/h1-4,7-9,16,21-23H,5-6,10-12H2. The van der Waals surface area contributed by atoms with Crippen molar-refractivity contribution in [3.8, 4) is 11.5 Å². The Balaban J connectivity index is 1.87. The van der Waals surface area contributed by atoms with Gasteiger partial charge in [0.05, 0.1) is 6.61 Å². The minimum Gasteiger partial charge on any atom is -0.491 e. The Morgan fingerprint density at radius 3 is 2.44 bits per heavy atom. The third-order valence-electron chi connectivity index (χ3n) is 3.27. The molecule has 2 aromatic carbocycles. The third-order valence-corrected chi connectivity index (χ3v) is 3.49. The van der Waals surface area contributed by atoms with Gasteiger partial charge in [0.25, 0.3) is 0 Å². The fourth-order valence-corrected chi connectivity index (χ4v) is 2.27. The van der Waals surface area contributed by atoms with Crippen molar-refractivity contribution in [2.45, 2.75) is 12.7 Å². The molecule has 25 heavy (non-hydrogen) atoms. The fourth-order valence-electron chi connectivity index (χ4n) is 2.05. The Kier molecular flexibility index (Phi) is 7.94. The quantitative estimate of drug-likeness (QED) is 0.561. The van der Waals surface area contributed by atoms with Gasteiger partial charge in [-0.05, 0) is 29.8 Å². The Morgan fingerprint density at radius 1 is 1.08 bits per heavy atom. The summed E-state index contributed by atoms with van der Waals surface area (Å²) in [6, 6.07) is 11.0. The first-order valence-corrected chi connectivity index (χ1v) is 8.25. The van der Waals surface area contributed by atoms with Crippen LogP contribution in [0.15, 0.2) is 42.5 Å². The summed E-state index contributed by atoms with van der Waals surface area (Å²) in [5.41, 5.74) is 0.828. The van der Waals surface area contributed by atoms with Gasteiger partial charge in [-0.3, -0.25) is 0 Å². The van der Waals surface area contributed by atoms with Crippen LogP contribution in [0.3, 0.4) is 0 Å².